The lowest BCUT2D eigenvalue weighted by molar-refractivity contribution is 0.0102. The minimum atomic E-state index is -3.58. The highest BCUT2D eigenvalue weighted by molar-refractivity contribution is 7.89. The van der Waals surface area contributed by atoms with Crippen LogP contribution in [0.2, 0.25) is 0 Å². The highest BCUT2D eigenvalue weighted by atomic mass is 32.2. The fraction of sp³-hybridized carbons (Fsp3) is 0.455. The predicted octanol–water partition coefficient (Wildman–Crippen LogP) is 3.85. The van der Waals surface area contributed by atoms with Crippen LogP contribution in [0.15, 0.2) is 53.4 Å². The molecule has 0 atom stereocenters. The molecule has 0 aromatic heterocycles. The van der Waals surface area contributed by atoms with E-state index in [9.17, 15) is 8.42 Å². The average Bonchev–Trinajstić information content (AvgIpc) is 2.75. The molecule has 1 aliphatic rings. The van der Waals surface area contributed by atoms with Crippen molar-refractivity contribution in [1.82, 2.24) is 4.31 Å². The van der Waals surface area contributed by atoms with E-state index in [1.165, 1.54) is 4.31 Å². The van der Waals surface area contributed by atoms with E-state index in [2.05, 4.69) is 0 Å². The van der Waals surface area contributed by atoms with E-state index in [4.69, 9.17) is 14.2 Å². The molecule has 0 saturated carbocycles. The topological polar surface area (TPSA) is 65.1 Å². The highest BCUT2D eigenvalue weighted by Crippen LogP contribution is 2.32. The maximum atomic E-state index is 13.1. The Hall–Kier alpha value is -2.09. The number of ether oxygens (including phenoxy) is 3. The predicted molar refractivity (Wildman–Crippen MR) is 112 cm³/mol. The van der Waals surface area contributed by atoms with Crippen LogP contribution in [0.4, 0.5) is 0 Å². The van der Waals surface area contributed by atoms with Crippen molar-refractivity contribution >= 4 is 10.0 Å². The third kappa shape index (κ3) is 5.50. The zero-order chi connectivity index (χ0) is 20.7. The van der Waals surface area contributed by atoms with Crippen LogP contribution in [0, 0.1) is 0 Å². The maximum Gasteiger partial charge on any atom is 0.243 e. The van der Waals surface area contributed by atoms with Crippen LogP contribution in [-0.4, -0.2) is 45.1 Å². The van der Waals surface area contributed by atoms with Gasteiger partial charge in [0.1, 0.15) is 0 Å². The van der Waals surface area contributed by atoms with Crippen LogP contribution in [0.5, 0.6) is 11.5 Å². The summed E-state index contributed by atoms with van der Waals surface area (Å²) in [6.07, 6.45) is 1.43. The second kappa shape index (κ2) is 10.1. The van der Waals surface area contributed by atoms with Crippen LogP contribution in [-0.2, 0) is 21.4 Å². The Morgan fingerprint density at radius 1 is 0.931 bits per heavy atom. The van der Waals surface area contributed by atoms with Gasteiger partial charge in [0, 0.05) is 19.2 Å². The summed E-state index contributed by atoms with van der Waals surface area (Å²) in [7, 11) is -3.58. The number of hydrogen-bond donors (Lipinski definition) is 0. The quantitative estimate of drug-likeness (QED) is 0.618. The second-order valence-electron chi connectivity index (χ2n) is 6.87. The van der Waals surface area contributed by atoms with Crippen molar-refractivity contribution in [2.75, 3.05) is 26.3 Å². The van der Waals surface area contributed by atoms with Gasteiger partial charge in [-0.2, -0.15) is 4.31 Å². The standard InChI is InChI=1S/C22H29NO5S/c1-3-26-21-11-10-20(16-22(21)27-4-2)29(24,25)23-14-12-19(13-15-23)28-17-18-8-6-5-7-9-18/h5-11,16,19H,3-4,12-15,17H2,1-2H3. The zero-order valence-electron chi connectivity index (χ0n) is 17.0. The van der Waals surface area contributed by atoms with Gasteiger partial charge in [-0.3, -0.25) is 0 Å². The fourth-order valence-electron chi connectivity index (χ4n) is 3.37. The smallest absolute Gasteiger partial charge is 0.243 e. The van der Waals surface area contributed by atoms with Crippen LogP contribution in [0.3, 0.4) is 0 Å². The van der Waals surface area contributed by atoms with Gasteiger partial charge in [-0.1, -0.05) is 30.3 Å². The van der Waals surface area contributed by atoms with Crippen LogP contribution < -0.4 is 9.47 Å². The van der Waals surface area contributed by atoms with Gasteiger partial charge in [-0.05, 0) is 44.4 Å². The monoisotopic (exact) mass is 419 g/mol. The Balaban J connectivity index is 1.62. The van der Waals surface area contributed by atoms with Crippen LogP contribution in [0.25, 0.3) is 0 Å². The van der Waals surface area contributed by atoms with Crippen molar-refractivity contribution in [2.45, 2.75) is 44.3 Å². The summed E-state index contributed by atoms with van der Waals surface area (Å²) in [5.41, 5.74) is 1.13. The number of piperidine rings is 1. The molecule has 2 aromatic carbocycles. The number of benzene rings is 2. The van der Waals surface area contributed by atoms with Crippen molar-refractivity contribution in [1.29, 1.82) is 0 Å². The molecule has 1 heterocycles. The minimum Gasteiger partial charge on any atom is -0.490 e. The van der Waals surface area contributed by atoms with Gasteiger partial charge in [0.25, 0.3) is 0 Å². The molecule has 0 bridgehead atoms. The van der Waals surface area contributed by atoms with Crippen molar-refractivity contribution in [2.24, 2.45) is 0 Å². The molecule has 6 nitrogen and oxygen atoms in total. The Bertz CT molecular complexity index is 877. The summed E-state index contributed by atoms with van der Waals surface area (Å²) in [6, 6.07) is 14.8. The van der Waals surface area contributed by atoms with Gasteiger partial charge >= 0.3 is 0 Å². The first kappa shape index (κ1) is 21.6. The van der Waals surface area contributed by atoms with Gasteiger partial charge < -0.3 is 14.2 Å². The largest absolute Gasteiger partial charge is 0.490 e. The summed E-state index contributed by atoms with van der Waals surface area (Å²) in [5, 5.41) is 0. The van der Waals surface area contributed by atoms with E-state index in [-0.39, 0.29) is 11.0 Å². The zero-order valence-corrected chi connectivity index (χ0v) is 17.9. The Morgan fingerprint density at radius 2 is 1.59 bits per heavy atom. The van der Waals surface area contributed by atoms with E-state index in [0.717, 1.165) is 5.56 Å². The van der Waals surface area contributed by atoms with E-state index < -0.39 is 10.0 Å². The van der Waals surface area contributed by atoms with Crippen molar-refractivity contribution in [3.8, 4) is 11.5 Å². The molecule has 158 valence electrons. The highest BCUT2D eigenvalue weighted by Gasteiger charge is 2.30. The van der Waals surface area contributed by atoms with Crippen LogP contribution in [0.1, 0.15) is 32.3 Å². The minimum absolute atomic E-state index is 0.0703. The molecule has 0 amide bonds. The van der Waals surface area contributed by atoms with Gasteiger partial charge in [-0.15, -0.1) is 0 Å². The van der Waals surface area contributed by atoms with E-state index >= 15 is 0 Å². The summed E-state index contributed by atoms with van der Waals surface area (Å²) in [6.45, 7) is 6.10. The molecule has 3 rings (SSSR count). The Labute approximate surface area is 173 Å². The Morgan fingerprint density at radius 3 is 2.24 bits per heavy atom. The molecule has 0 spiro atoms. The molecule has 7 heteroatoms. The molecule has 0 unspecified atom stereocenters. The molecule has 0 radical (unpaired) electrons. The molecule has 0 N–H and O–H groups in total. The molecular weight excluding hydrogens is 390 g/mol. The Kier molecular flexibility index (Phi) is 7.52. The lowest BCUT2D eigenvalue weighted by Crippen LogP contribution is -2.40. The fourth-order valence-corrected chi connectivity index (χ4v) is 4.85. The van der Waals surface area contributed by atoms with Gasteiger partial charge in [-0.25, -0.2) is 8.42 Å². The number of sulfonamides is 1. The van der Waals surface area contributed by atoms with Gasteiger partial charge in [0.05, 0.1) is 30.8 Å². The molecular formula is C22H29NO5S. The molecule has 1 saturated heterocycles. The number of hydrogen-bond acceptors (Lipinski definition) is 5. The van der Waals surface area contributed by atoms with Gasteiger partial charge in [0.2, 0.25) is 10.0 Å². The first-order valence-corrected chi connectivity index (χ1v) is 11.5. The average molecular weight is 420 g/mol. The summed E-state index contributed by atoms with van der Waals surface area (Å²) >= 11 is 0. The van der Waals surface area contributed by atoms with E-state index in [1.54, 1.807) is 18.2 Å². The van der Waals surface area contributed by atoms with Crippen LogP contribution >= 0.6 is 0 Å². The lowest BCUT2D eigenvalue weighted by atomic mass is 10.1. The first-order chi connectivity index (χ1) is 14.0. The molecule has 1 fully saturated rings. The third-order valence-electron chi connectivity index (χ3n) is 4.88. The maximum absolute atomic E-state index is 13.1. The van der Waals surface area contributed by atoms with E-state index in [1.807, 2.05) is 44.2 Å². The summed E-state index contributed by atoms with van der Waals surface area (Å²) in [4.78, 5) is 0.230. The first-order valence-electron chi connectivity index (χ1n) is 10.1. The van der Waals surface area contributed by atoms with Crippen molar-refractivity contribution in [3.05, 3.63) is 54.1 Å². The van der Waals surface area contributed by atoms with Crippen molar-refractivity contribution < 1.29 is 22.6 Å². The second-order valence-corrected chi connectivity index (χ2v) is 8.81. The summed E-state index contributed by atoms with van der Waals surface area (Å²) < 4.78 is 44.8. The number of rotatable bonds is 9. The SMILES string of the molecule is CCOc1ccc(S(=O)(=O)N2CCC(OCc3ccccc3)CC2)cc1OCC. The van der Waals surface area contributed by atoms with Gasteiger partial charge in [0.15, 0.2) is 11.5 Å². The third-order valence-corrected chi connectivity index (χ3v) is 6.78. The number of nitrogens with zero attached hydrogens (tertiary/aromatic N) is 1. The summed E-state index contributed by atoms with van der Waals surface area (Å²) in [5.74, 6) is 1.01. The molecule has 0 aliphatic carbocycles. The molecule has 2 aromatic rings. The lowest BCUT2D eigenvalue weighted by Gasteiger charge is -2.31. The van der Waals surface area contributed by atoms with Crippen molar-refractivity contribution in [3.63, 3.8) is 0 Å². The molecule has 1 aliphatic heterocycles. The van der Waals surface area contributed by atoms with E-state index in [0.29, 0.717) is 57.3 Å². The molecule has 29 heavy (non-hydrogen) atoms. The normalized spacial score (nSPS) is 15.9.